The summed E-state index contributed by atoms with van der Waals surface area (Å²) < 4.78 is 10.9. The Morgan fingerprint density at radius 3 is 2.24 bits per heavy atom. The van der Waals surface area contributed by atoms with E-state index in [1.165, 1.54) is 16.3 Å². The first-order valence-corrected chi connectivity index (χ1v) is 8.59. The SMILES string of the molecule is COc1ccc(OC)c([C@H](C)N[C@@H](C)c2ccc3ccccc3c2)c1. The largest absolute Gasteiger partial charge is 0.497 e. The molecular weight excluding hydrogens is 310 g/mol. The summed E-state index contributed by atoms with van der Waals surface area (Å²) in [7, 11) is 3.38. The van der Waals surface area contributed by atoms with E-state index < -0.39 is 0 Å². The van der Waals surface area contributed by atoms with Crippen molar-refractivity contribution in [2.45, 2.75) is 25.9 Å². The van der Waals surface area contributed by atoms with E-state index in [9.17, 15) is 0 Å². The van der Waals surface area contributed by atoms with Crippen LogP contribution in [0.3, 0.4) is 0 Å². The first-order valence-electron chi connectivity index (χ1n) is 8.59. The average molecular weight is 335 g/mol. The highest BCUT2D eigenvalue weighted by molar-refractivity contribution is 5.83. The van der Waals surface area contributed by atoms with E-state index in [1.54, 1.807) is 14.2 Å². The molecule has 3 aromatic rings. The zero-order chi connectivity index (χ0) is 17.8. The fourth-order valence-electron chi connectivity index (χ4n) is 3.22. The highest BCUT2D eigenvalue weighted by Crippen LogP contribution is 2.31. The van der Waals surface area contributed by atoms with Gasteiger partial charge in [0.2, 0.25) is 0 Å². The maximum atomic E-state index is 5.52. The van der Waals surface area contributed by atoms with E-state index >= 15 is 0 Å². The van der Waals surface area contributed by atoms with Crippen molar-refractivity contribution in [2.24, 2.45) is 0 Å². The predicted octanol–water partition coefficient (Wildman–Crippen LogP) is 5.27. The van der Waals surface area contributed by atoms with Crippen LogP contribution in [0.4, 0.5) is 0 Å². The van der Waals surface area contributed by atoms with E-state index in [4.69, 9.17) is 9.47 Å². The molecule has 0 aliphatic rings. The number of ether oxygens (including phenoxy) is 2. The number of nitrogens with one attached hydrogen (secondary N) is 1. The Balaban J connectivity index is 1.82. The average Bonchev–Trinajstić information content (AvgIpc) is 2.66. The van der Waals surface area contributed by atoms with Crippen LogP contribution in [-0.2, 0) is 0 Å². The van der Waals surface area contributed by atoms with Crippen LogP contribution in [-0.4, -0.2) is 14.2 Å². The molecule has 3 nitrogen and oxygen atoms in total. The zero-order valence-corrected chi connectivity index (χ0v) is 15.2. The van der Waals surface area contributed by atoms with Gasteiger partial charge < -0.3 is 14.8 Å². The third-order valence-electron chi connectivity index (χ3n) is 4.68. The summed E-state index contributed by atoms with van der Waals surface area (Å²) in [5, 5.41) is 6.20. The molecule has 0 unspecified atom stereocenters. The number of hydrogen-bond donors (Lipinski definition) is 1. The van der Waals surface area contributed by atoms with Crippen molar-refractivity contribution in [3.05, 3.63) is 71.8 Å². The molecule has 0 fully saturated rings. The topological polar surface area (TPSA) is 30.5 Å². The van der Waals surface area contributed by atoms with E-state index in [1.807, 2.05) is 18.2 Å². The predicted molar refractivity (Wildman–Crippen MR) is 103 cm³/mol. The molecule has 3 rings (SSSR count). The van der Waals surface area contributed by atoms with Crippen LogP contribution in [0.5, 0.6) is 11.5 Å². The summed E-state index contributed by atoms with van der Waals surface area (Å²) in [5.41, 5.74) is 2.36. The van der Waals surface area contributed by atoms with Crippen molar-refractivity contribution in [2.75, 3.05) is 14.2 Å². The van der Waals surface area contributed by atoms with Crippen molar-refractivity contribution in [3.63, 3.8) is 0 Å². The maximum Gasteiger partial charge on any atom is 0.123 e. The van der Waals surface area contributed by atoms with Crippen molar-refractivity contribution in [3.8, 4) is 11.5 Å². The second-order valence-electron chi connectivity index (χ2n) is 6.32. The second kappa shape index (κ2) is 7.58. The highest BCUT2D eigenvalue weighted by atomic mass is 16.5. The molecule has 0 aromatic heterocycles. The van der Waals surface area contributed by atoms with Gasteiger partial charge in [0.15, 0.2) is 0 Å². The van der Waals surface area contributed by atoms with Crippen LogP contribution in [0, 0.1) is 0 Å². The summed E-state index contributed by atoms with van der Waals surface area (Å²) in [4.78, 5) is 0. The van der Waals surface area contributed by atoms with E-state index in [0.717, 1.165) is 17.1 Å². The summed E-state index contributed by atoms with van der Waals surface area (Å²) in [6.07, 6.45) is 0. The van der Waals surface area contributed by atoms with Gasteiger partial charge in [-0.3, -0.25) is 0 Å². The Morgan fingerprint density at radius 2 is 1.52 bits per heavy atom. The van der Waals surface area contributed by atoms with Gasteiger partial charge in [-0.1, -0.05) is 36.4 Å². The quantitative estimate of drug-likeness (QED) is 0.666. The minimum absolute atomic E-state index is 0.131. The molecule has 1 N–H and O–H groups in total. The van der Waals surface area contributed by atoms with Gasteiger partial charge >= 0.3 is 0 Å². The van der Waals surface area contributed by atoms with Gasteiger partial charge in [-0.15, -0.1) is 0 Å². The van der Waals surface area contributed by atoms with Crippen LogP contribution >= 0.6 is 0 Å². The van der Waals surface area contributed by atoms with Crippen LogP contribution in [0.2, 0.25) is 0 Å². The first-order chi connectivity index (χ1) is 12.1. The van der Waals surface area contributed by atoms with Gasteiger partial charge in [-0.05, 0) is 54.4 Å². The molecule has 0 spiro atoms. The summed E-state index contributed by atoms with van der Waals surface area (Å²) in [6, 6.07) is 21.3. The molecule has 0 saturated carbocycles. The first kappa shape index (κ1) is 17.3. The van der Waals surface area contributed by atoms with Gasteiger partial charge in [-0.2, -0.15) is 0 Å². The zero-order valence-electron chi connectivity index (χ0n) is 15.2. The molecule has 0 bridgehead atoms. The van der Waals surface area contributed by atoms with E-state index in [-0.39, 0.29) is 12.1 Å². The lowest BCUT2D eigenvalue weighted by atomic mass is 10.0. The van der Waals surface area contributed by atoms with Gasteiger partial charge in [0.1, 0.15) is 11.5 Å². The Labute approximate surface area is 149 Å². The van der Waals surface area contributed by atoms with Crippen LogP contribution in [0.1, 0.15) is 37.1 Å². The van der Waals surface area contributed by atoms with Crippen molar-refractivity contribution < 1.29 is 9.47 Å². The third-order valence-corrected chi connectivity index (χ3v) is 4.68. The van der Waals surface area contributed by atoms with Crippen molar-refractivity contribution in [1.82, 2.24) is 5.32 Å². The third kappa shape index (κ3) is 3.77. The van der Waals surface area contributed by atoms with Gasteiger partial charge in [0.25, 0.3) is 0 Å². The molecule has 0 saturated heterocycles. The standard InChI is InChI=1S/C22H25NO2/c1-15(18-10-9-17-7-5-6-8-19(17)13-18)23-16(2)21-14-20(24-3)11-12-22(21)25-4/h5-16,23H,1-4H3/t15-,16-/m0/s1. The Kier molecular flexibility index (Phi) is 5.25. The fourth-order valence-corrected chi connectivity index (χ4v) is 3.22. The minimum atomic E-state index is 0.131. The lowest BCUT2D eigenvalue weighted by molar-refractivity contribution is 0.387. The van der Waals surface area contributed by atoms with E-state index in [0.29, 0.717) is 0 Å². The van der Waals surface area contributed by atoms with Gasteiger partial charge in [0.05, 0.1) is 14.2 Å². The Hall–Kier alpha value is -2.52. The van der Waals surface area contributed by atoms with Crippen molar-refractivity contribution >= 4 is 10.8 Å². The number of methoxy groups -OCH3 is 2. The van der Waals surface area contributed by atoms with Crippen LogP contribution < -0.4 is 14.8 Å². The Morgan fingerprint density at radius 1 is 0.760 bits per heavy atom. The number of benzene rings is 3. The molecule has 3 heteroatoms. The number of fused-ring (bicyclic) bond motifs is 1. The molecule has 0 aliphatic carbocycles. The smallest absolute Gasteiger partial charge is 0.123 e. The van der Waals surface area contributed by atoms with Crippen LogP contribution in [0.15, 0.2) is 60.7 Å². The molecule has 2 atom stereocenters. The maximum absolute atomic E-state index is 5.52. The second-order valence-corrected chi connectivity index (χ2v) is 6.32. The Bertz CT molecular complexity index is 860. The van der Waals surface area contributed by atoms with Crippen LogP contribution in [0.25, 0.3) is 10.8 Å². The minimum Gasteiger partial charge on any atom is -0.497 e. The normalized spacial score (nSPS) is 13.4. The van der Waals surface area contributed by atoms with Crippen molar-refractivity contribution in [1.29, 1.82) is 0 Å². The molecule has 130 valence electrons. The molecule has 3 aromatic carbocycles. The molecule has 0 heterocycles. The highest BCUT2D eigenvalue weighted by Gasteiger charge is 2.16. The lowest BCUT2D eigenvalue weighted by Gasteiger charge is -2.23. The summed E-state index contributed by atoms with van der Waals surface area (Å²) in [6.45, 7) is 4.34. The van der Waals surface area contributed by atoms with E-state index in [2.05, 4.69) is 61.6 Å². The fraction of sp³-hybridized carbons (Fsp3) is 0.273. The summed E-state index contributed by atoms with van der Waals surface area (Å²) in [5.74, 6) is 1.70. The monoisotopic (exact) mass is 335 g/mol. The molecule has 25 heavy (non-hydrogen) atoms. The molecule has 0 aliphatic heterocycles. The van der Waals surface area contributed by atoms with Gasteiger partial charge in [0, 0.05) is 17.6 Å². The number of rotatable bonds is 6. The number of hydrogen-bond acceptors (Lipinski definition) is 3. The molecular formula is C22H25NO2. The summed E-state index contributed by atoms with van der Waals surface area (Å²) >= 11 is 0. The van der Waals surface area contributed by atoms with Gasteiger partial charge in [-0.25, -0.2) is 0 Å². The lowest BCUT2D eigenvalue weighted by Crippen LogP contribution is -2.23. The molecule has 0 amide bonds. The molecule has 0 radical (unpaired) electrons.